The maximum atomic E-state index is 12.3. The van der Waals surface area contributed by atoms with Crippen molar-refractivity contribution in [1.82, 2.24) is 4.98 Å². The molecule has 1 heterocycles. The number of nitrogens with one attached hydrogen (secondary N) is 1. The summed E-state index contributed by atoms with van der Waals surface area (Å²) in [6, 6.07) is 7.67. The molecule has 1 aromatic carbocycles. The van der Waals surface area contributed by atoms with E-state index in [0.29, 0.717) is 28.3 Å². The van der Waals surface area contributed by atoms with Crippen LogP contribution in [0.5, 0.6) is 5.88 Å². The molecule has 112 valence electrons. The SMILES string of the molecule is CCOc1ccc(NS(=O)(=O)c2ccc(N)cc2Br)cn1. The molecule has 3 N–H and O–H groups in total. The van der Waals surface area contributed by atoms with Gasteiger partial charge in [-0.3, -0.25) is 4.72 Å². The zero-order valence-corrected chi connectivity index (χ0v) is 13.6. The van der Waals surface area contributed by atoms with Gasteiger partial charge in [-0.1, -0.05) is 0 Å². The van der Waals surface area contributed by atoms with Gasteiger partial charge in [-0.2, -0.15) is 0 Å². The van der Waals surface area contributed by atoms with Crippen LogP contribution in [-0.2, 0) is 10.0 Å². The molecule has 0 unspecified atom stereocenters. The molecule has 0 aliphatic carbocycles. The predicted octanol–water partition coefficient (Wildman–Crippen LogP) is 2.63. The van der Waals surface area contributed by atoms with E-state index in [2.05, 4.69) is 25.6 Å². The maximum absolute atomic E-state index is 12.3. The molecule has 0 saturated heterocycles. The summed E-state index contributed by atoms with van der Waals surface area (Å²) in [6.45, 7) is 2.34. The van der Waals surface area contributed by atoms with Crippen molar-refractivity contribution in [3.63, 3.8) is 0 Å². The van der Waals surface area contributed by atoms with Gasteiger partial charge in [0.15, 0.2) is 0 Å². The first-order valence-electron chi connectivity index (χ1n) is 6.09. The Labute approximate surface area is 131 Å². The van der Waals surface area contributed by atoms with Crippen molar-refractivity contribution in [2.75, 3.05) is 17.1 Å². The molecule has 0 atom stereocenters. The van der Waals surface area contributed by atoms with E-state index in [4.69, 9.17) is 10.5 Å². The molecule has 2 rings (SSSR count). The molecular weight excluding hydrogens is 358 g/mol. The standard InChI is InChI=1S/C13H14BrN3O3S/c1-2-20-13-6-4-10(8-16-13)17-21(18,19)12-5-3-9(15)7-11(12)14/h3-8,17H,2,15H2,1H3. The summed E-state index contributed by atoms with van der Waals surface area (Å²) in [5.74, 6) is 0.439. The van der Waals surface area contributed by atoms with E-state index in [1.807, 2.05) is 6.92 Å². The second-order valence-electron chi connectivity index (χ2n) is 4.11. The van der Waals surface area contributed by atoms with Crippen LogP contribution in [0, 0.1) is 0 Å². The minimum atomic E-state index is -3.72. The number of nitrogens with two attached hydrogens (primary N) is 1. The molecule has 0 spiro atoms. The van der Waals surface area contributed by atoms with Crippen LogP contribution in [0.4, 0.5) is 11.4 Å². The highest BCUT2D eigenvalue weighted by Gasteiger charge is 2.18. The Morgan fingerprint density at radius 2 is 2.10 bits per heavy atom. The van der Waals surface area contributed by atoms with Gasteiger partial charge >= 0.3 is 0 Å². The fraction of sp³-hybridized carbons (Fsp3) is 0.154. The van der Waals surface area contributed by atoms with E-state index in [0.717, 1.165) is 0 Å². The molecule has 0 saturated carbocycles. The fourth-order valence-corrected chi connectivity index (χ4v) is 3.76. The number of nitrogen functional groups attached to an aromatic ring is 1. The minimum Gasteiger partial charge on any atom is -0.478 e. The van der Waals surface area contributed by atoms with Crippen LogP contribution in [0.1, 0.15) is 6.92 Å². The van der Waals surface area contributed by atoms with Crippen molar-refractivity contribution in [1.29, 1.82) is 0 Å². The van der Waals surface area contributed by atoms with Gasteiger partial charge in [0.05, 0.1) is 18.5 Å². The normalized spacial score (nSPS) is 11.1. The summed E-state index contributed by atoms with van der Waals surface area (Å²) >= 11 is 3.19. The van der Waals surface area contributed by atoms with E-state index in [9.17, 15) is 8.42 Å². The van der Waals surface area contributed by atoms with Gasteiger partial charge in [0.1, 0.15) is 4.90 Å². The Morgan fingerprint density at radius 3 is 2.67 bits per heavy atom. The third-order valence-corrected chi connectivity index (χ3v) is 4.88. The number of pyridine rings is 1. The Kier molecular flexibility index (Phi) is 4.69. The molecule has 0 amide bonds. The molecule has 0 fully saturated rings. The first-order valence-corrected chi connectivity index (χ1v) is 8.36. The number of sulfonamides is 1. The van der Waals surface area contributed by atoms with E-state index < -0.39 is 10.0 Å². The molecule has 0 aliphatic rings. The van der Waals surface area contributed by atoms with E-state index >= 15 is 0 Å². The highest BCUT2D eigenvalue weighted by atomic mass is 79.9. The van der Waals surface area contributed by atoms with Crippen LogP contribution < -0.4 is 15.2 Å². The van der Waals surface area contributed by atoms with Crippen molar-refractivity contribution in [2.45, 2.75) is 11.8 Å². The third kappa shape index (κ3) is 3.85. The lowest BCUT2D eigenvalue weighted by molar-refractivity contribution is 0.327. The number of nitrogens with zero attached hydrogens (tertiary/aromatic N) is 1. The number of anilines is 2. The molecule has 8 heteroatoms. The van der Waals surface area contributed by atoms with Gasteiger partial charge < -0.3 is 10.5 Å². The molecule has 21 heavy (non-hydrogen) atoms. The average molecular weight is 372 g/mol. The summed E-state index contributed by atoms with van der Waals surface area (Å²) < 4.78 is 32.6. The topological polar surface area (TPSA) is 94.3 Å². The van der Waals surface area contributed by atoms with Gasteiger partial charge in [-0.15, -0.1) is 0 Å². The molecule has 0 bridgehead atoms. The summed E-state index contributed by atoms with van der Waals surface area (Å²) in [6.07, 6.45) is 1.40. The molecular formula is C13H14BrN3O3S. The summed E-state index contributed by atoms with van der Waals surface area (Å²) in [5.41, 5.74) is 6.42. The summed E-state index contributed by atoms with van der Waals surface area (Å²) in [7, 11) is -3.72. The molecule has 1 aromatic heterocycles. The number of halogens is 1. The van der Waals surface area contributed by atoms with Crippen LogP contribution in [0.15, 0.2) is 45.9 Å². The van der Waals surface area contributed by atoms with Gasteiger partial charge in [0.25, 0.3) is 10.0 Å². The van der Waals surface area contributed by atoms with Crippen LogP contribution in [-0.4, -0.2) is 20.0 Å². The largest absolute Gasteiger partial charge is 0.478 e. The lowest BCUT2D eigenvalue weighted by Crippen LogP contribution is -2.14. The van der Waals surface area contributed by atoms with Crippen LogP contribution in [0.25, 0.3) is 0 Å². The number of hydrogen-bond acceptors (Lipinski definition) is 5. The van der Waals surface area contributed by atoms with E-state index in [1.165, 1.54) is 24.4 Å². The monoisotopic (exact) mass is 371 g/mol. The number of aromatic nitrogens is 1. The average Bonchev–Trinajstić information content (AvgIpc) is 2.40. The minimum absolute atomic E-state index is 0.102. The van der Waals surface area contributed by atoms with Gasteiger partial charge in [0, 0.05) is 16.2 Å². The Bertz CT molecular complexity index is 733. The van der Waals surface area contributed by atoms with Crippen LogP contribution in [0.3, 0.4) is 0 Å². The fourth-order valence-electron chi connectivity index (χ4n) is 1.62. The van der Waals surface area contributed by atoms with Crippen molar-refractivity contribution < 1.29 is 13.2 Å². The molecule has 2 aromatic rings. The van der Waals surface area contributed by atoms with Gasteiger partial charge in [-0.05, 0) is 47.1 Å². The lowest BCUT2D eigenvalue weighted by Gasteiger charge is -2.10. The second kappa shape index (κ2) is 6.31. The van der Waals surface area contributed by atoms with Gasteiger partial charge in [-0.25, -0.2) is 13.4 Å². The lowest BCUT2D eigenvalue weighted by atomic mass is 10.3. The van der Waals surface area contributed by atoms with E-state index in [1.54, 1.807) is 12.1 Å². The molecule has 6 nitrogen and oxygen atoms in total. The van der Waals surface area contributed by atoms with Crippen molar-refractivity contribution >= 4 is 37.3 Å². The summed E-state index contributed by atoms with van der Waals surface area (Å²) in [5, 5.41) is 0. The predicted molar refractivity (Wildman–Crippen MR) is 84.8 cm³/mol. The first kappa shape index (κ1) is 15.6. The highest BCUT2D eigenvalue weighted by Crippen LogP contribution is 2.26. The molecule has 0 radical (unpaired) electrons. The quantitative estimate of drug-likeness (QED) is 0.787. The number of hydrogen-bond donors (Lipinski definition) is 2. The van der Waals surface area contributed by atoms with E-state index in [-0.39, 0.29) is 4.90 Å². The summed E-state index contributed by atoms with van der Waals surface area (Å²) in [4.78, 5) is 4.10. The third-order valence-electron chi connectivity index (χ3n) is 2.53. The van der Waals surface area contributed by atoms with Crippen LogP contribution >= 0.6 is 15.9 Å². The zero-order valence-electron chi connectivity index (χ0n) is 11.2. The Hall–Kier alpha value is -1.80. The van der Waals surface area contributed by atoms with Crippen molar-refractivity contribution in [2.24, 2.45) is 0 Å². The van der Waals surface area contributed by atoms with Crippen molar-refractivity contribution in [3.05, 3.63) is 41.0 Å². The van der Waals surface area contributed by atoms with Gasteiger partial charge in [0.2, 0.25) is 5.88 Å². The highest BCUT2D eigenvalue weighted by molar-refractivity contribution is 9.10. The smallest absolute Gasteiger partial charge is 0.263 e. The Balaban J connectivity index is 2.24. The Morgan fingerprint density at radius 1 is 1.33 bits per heavy atom. The first-order chi connectivity index (χ1) is 9.92. The number of rotatable bonds is 5. The zero-order chi connectivity index (χ0) is 15.5. The number of ether oxygens (including phenoxy) is 1. The molecule has 0 aliphatic heterocycles. The van der Waals surface area contributed by atoms with Crippen LogP contribution in [0.2, 0.25) is 0 Å². The number of benzene rings is 1. The van der Waals surface area contributed by atoms with Crippen molar-refractivity contribution in [3.8, 4) is 5.88 Å². The maximum Gasteiger partial charge on any atom is 0.263 e. The second-order valence-corrected chi connectivity index (χ2v) is 6.62.